The molecule has 1 aliphatic rings. The molecule has 1 aromatic carbocycles. The summed E-state index contributed by atoms with van der Waals surface area (Å²) >= 11 is 1.18. The molecule has 2 aromatic heterocycles. The van der Waals surface area contributed by atoms with E-state index < -0.39 is 5.91 Å². The van der Waals surface area contributed by atoms with Crippen LogP contribution in [0.15, 0.2) is 30.3 Å². The maximum atomic E-state index is 14.0. The maximum absolute atomic E-state index is 14.0. The SMILES string of the molecule is NC(=O)c1sc2nc(N3CCC(N)CC3)cc(/C=C/c3ccccc3F)c2c1N. The molecule has 0 radical (unpaired) electrons. The molecule has 3 aromatic rings. The number of fused-ring (bicyclic) bond motifs is 1. The molecule has 6 nitrogen and oxygen atoms in total. The van der Waals surface area contributed by atoms with Crippen LogP contribution in [0, 0.1) is 5.82 Å². The van der Waals surface area contributed by atoms with Crippen molar-refractivity contribution in [3.63, 3.8) is 0 Å². The maximum Gasteiger partial charge on any atom is 0.260 e. The van der Waals surface area contributed by atoms with E-state index in [0.29, 0.717) is 21.5 Å². The van der Waals surface area contributed by atoms with Crippen molar-refractivity contribution in [2.45, 2.75) is 18.9 Å². The number of amides is 1. The average Bonchev–Trinajstić information content (AvgIpc) is 3.05. The number of primary amides is 1. The zero-order valence-electron chi connectivity index (χ0n) is 15.8. The molecule has 1 saturated heterocycles. The van der Waals surface area contributed by atoms with E-state index in [4.69, 9.17) is 22.2 Å². The van der Waals surface area contributed by atoms with Crippen LogP contribution >= 0.6 is 11.3 Å². The molecule has 0 atom stereocenters. The minimum absolute atomic E-state index is 0.203. The third kappa shape index (κ3) is 3.81. The Hall–Kier alpha value is -2.97. The quantitative estimate of drug-likeness (QED) is 0.610. The number of pyridine rings is 1. The fourth-order valence-corrected chi connectivity index (χ4v) is 4.51. The predicted molar refractivity (Wildman–Crippen MR) is 117 cm³/mol. The number of carbonyl (C=O) groups excluding carboxylic acids is 1. The zero-order chi connectivity index (χ0) is 20.5. The van der Waals surface area contributed by atoms with Gasteiger partial charge in [-0.2, -0.15) is 0 Å². The van der Waals surface area contributed by atoms with Gasteiger partial charge in [0.1, 0.15) is 21.3 Å². The summed E-state index contributed by atoms with van der Waals surface area (Å²) < 4.78 is 14.0. The van der Waals surface area contributed by atoms with Crippen LogP contribution in [-0.2, 0) is 0 Å². The number of thiophene rings is 1. The number of anilines is 2. The van der Waals surface area contributed by atoms with Crippen LogP contribution in [-0.4, -0.2) is 30.0 Å². The highest BCUT2D eigenvalue weighted by molar-refractivity contribution is 7.21. The first-order valence-electron chi connectivity index (χ1n) is 9.40. The molecular formula is C21H22FN5OS. The molecule has 150 valence electrons. The molecule has 0 spiro atoms. The molecule has 29 heavy (non-hydrogen) atoms. The Labute approximate surface area is 171 Å². The van der Waals surface area contributed by atoms with Crippen molar-refractivity contribution in [2.75, 3.05) is 23.7 Å². The molecule has 1 aliphatic heterocycles. The van der Waals surface area contributed by atoms with Gasteiger partial charge in [-0.15, -0.1) is 11.3 Å². The summed E-state index contributed by atoms with van der Waals surface area (Å²) in [7, 11) is 0. The Balaban J connectivity index is 1.83. The minimum atomic E-state index is -0.583. The molecule has 0 saturated carbocycles. The first kappa shape index (κ1) is 19.4. The number of nitrogen functional groups attached to an aromatic ring is 1. The fraction of sp³-hybridized carbons (Fsp3) is 0.238. The second-order valence-electron chi connectivity index (χ2n) is 7.14. The van der Waals surface area contributed by atoms with E-state index >= 15 is 0 Å². The molecule has 3 heterocycles. The summed E-state index contributed by atoms with van der Waals surface area (Å²) in [6.45, 7) is 1.61. The lowest BCUT2D eigenvalue weighted by molar-refractivity contribution is 0.100. The molecule has 6 N–H and O–H groups in total. The lowest BCUT2D eigenvalue weighted by Gasteiger charge is -2.31. The summed E-state index contributed by atoms with van der Waals surface area (Å²) in [6, 6.07) is 8.65. The topological polar surface area (TPSA) is 111 Å². The van der Waals surface area contributed by atoms with Gasteiger partial charge in [-0.25, -0.2) is 9.37 Å². The standard InChI is InChI=1S/C21H22FN5OS/c22-15-4-2-1-3-12(15)5-6-13-11-16(27-9-7-14(23)8-10-27)26-21-17(13)18(24)19(29-21)20(25)28/h1-6,11,14H,7-10,23-24H2,(H2,25,28)/b6-5+. The highest BCUT2D eigenvalue weighted by atomic mass is 32.1. The van der Waals surface area contributed by atoms with Gasteiger partial charge in [-0.05, 0) is 30.5 Å². The van der Waals surface area contributed by atoms with Crippen LogP contribution < -0.4 is 22.1 Å². The summed E-state index contributed by atoms with van der Waals surface area (Å²) in [6.07, 6.45) is 5.27. The van der Waals surface area contributed by atoms with E-state index in [2.05, 4.69) is 4.90 Å². The molecule has 1 fully saturated rings. The second kappa shape index (κ2) is 7.81. The number of nitrogens with zero attached hydrogens (tertiary/aromatic N) is 2. The van der Waals surface area contributed by atoms with Gasteiger partial charge in [-0.1, -0.05) is 30.4 Å². The van der Waals surface area contributed by atoms with Crippen LogP contribution in [0.4, 0.5) is 15.9 Å². The van der Waals surface area contributed by atoms with Crippen molar-refractivity contribution in [1.29, 1.82) is 0 Å². The molecule has 4 rings (SSSR count). The van der Waals surface area contributed by atoms with E-state index in [1.54, 1.807) is 30.4 Å². The third-order valence-corrected chi connectivity index (χ3v) is 6.26. The minimum Gasteiger partial charge on any atom is -0.397 e. The Bertz CT molecular complexity index is 1100. The number of piperidine rings is 1. The van der Waals surface area contributed by atoms with E-state index in [0.717, 1.165) is 37.3 Å². The predicted octanol–water partition coefficient (Wildman–Crippen LogP) is 3.21. The van der Waals surface area contributed by atoms with E-state index in [9.17, 15) is 9.18 Å². The van der Waals surface area contributed by atoms with Crippen LogP contribution in [0.5, 0.6) is 0 Å². The van der Waals surface area contributed by atoms with Crippen molar-refractivity contribution < 1.29 is 9.18 Å². The van der Waals surface area contributed by atoms with Crippen molar-refractivity contribution >= 4 is 51.1 Å². The smallest absolute Gasteiger partial charge is 0.260 e. The molecule has 1 amide bonds. The Morgan fingerprint density at radius 2 is 1.90 bits per heavy atom. The van der Waals surface area contributed by atoms with Crippen molar-refractivity contribution in [1.82, 2.24) is 4.98 Å². The van der Waals surface area contributed by atoms with Gasteiger partial charge in [0.2, 0.25) is 0 Å². The second-order valence-corrected chi connectivity index (χ2v) is 8.14. The molecular weight excluding hydrogens is 389 g/mol. The van der Waals surface area contributed by atoms with E-state index in [1.807, 2.05) is 6.07 Å². The van der Waals surface area contributed by atoms with Gasteiger partial charge in [0.05, 0.1) is 5.69 Å². The van der Waals surface area contributed by atoms with Gasteiger partial charge in [0.25, 0.3) is 5.91 Å². The summed E-state index contributed by atoms with van der Waals surface area (Å²) in [5.41, 5.74) is 19.3. The number of nitrogens with two attached hydrogens (primary N) is 3. The molecule has 0 aliphatic carbocycles. The normalized spacial score (nSPS) is 15.4. The van der Waals surface area contributed by atoms with Crippen LogP contribution in [0.1, 0.15) is 33.6 Å². The zero-order valence-corrected chi connectivity index (χ0v) is 16.6. The number of halogens is 1. The number of benzene rings is 1. The van der Waals surface area contributed by atoms with E-state index in [1.165, 1.54) is 17.4 Å². The third-order valence-electron chi connectivity index (χ3n) is 5.15. The Morgan fingerprint density at radius 3 is 2.59 bits per heavy atom. The first-order chi connectivity index (χ1) is 13.9. The van der Waals surface area contributed by atoms with Gasteiger partial charge in [0.15, 0.2) is 0 Å². The highest BCUT2D eigenvalue weighted by Gasteiger charge is 2.22. The lowest BCUT2D eigenvalue weighted by Crippen LogP contribution is -2.40. The Kier molecular flexibility index (Phi) is 5.21. The lowest BCUT2D eigenvalue weighted by atomic mass is 10.0. The molecule has 0 bridgehead atoms. The largest absolute Gasteiger partial charge is 0.397 e. The average molecular weight is 412 g/mol. The number of carbonyl (C=O) groups is 1. The number of aromatic nitrogens is 1. The monoisotopic (exact) mass is 411 g/mol. The summed E-state index contributed by atoms with van der Waals surface area (Å²) in [5, 5.41) is 0.661. The van der Waals surface area contributed by atoms with Crippen LogP contribution in [0.25, 0.3) is 22.4 Å². The highest BCUT2D eigenvalue weighted by Crippen LogP contribution is 2.37. The number of hydrogen-bond acceptors (Lipinski definition) is 6. The van der Waals surface area contributed by atoms with Crippen molar-refractivity contribution in [3.8, 4) is 0 Å². The summed E-state index contributed by atoms with van der Waals surface area (Å²) in [4.78, 5) is 19.6. The molecule has 0 unspecified atom stereocenters. The van der Waals surface area contributed by atoms with Crippen molar-refractivity contribution in [2.24, 2.45) is 11.5 Å². The Morgan fingerprint density at radius 1 is 1.21 bits per heavy atom. The van der Waals surface area contributed by atoms with Gasteiger partial charge in [-0.3, -0.25) is 4.79 Å². The van der Waals surface area contributed by atoms with Gasteiger partial charge >= 0.3 is 0 Å². The molecule has 8 heteroatoms. The van der Waals surface area contributed by atoms with Crippen LogP contribution in [0.3, 0.4) is 0 Å². The number of hydrogen-bond donors (Lipinski definition) is 3. The van der Waals surface area contributed by atoms with E-state index in [-0.39, 0.29) is 16.7 Å². The number of rotatable bonds is 4. The fourth-order valence-electron chi connectivity index (χ4n) is 3.53. The first-order valence-corrected chi connectivity index (χ1v) is 10.2. The summed E-state index contributed by atoms with van der Waals surface area (Å²) in [5.74, 6) is -0.106. The van der Waals surface area contributed by atoms with Gasteiger partial charge < -0.3 is 22.1 Å². The van der Waals surface area contributed by atoms with Gasteiger partial charge in [0, 0.05) is 30.1 Å². The van der Waals surface area contributed by atoms with Crippen LogP contribution in [0.2, 0.25) is 0 Å². The van der Waals surface area contributed by atoms with Crippen molar-refractivity contribution in [3.05, 3.63) is 52.2 Å².